The standard InChI is InChI=1S/C21H19ClFNO4/c22-18-4-2-1-3-14(18)11-27-10-13-8-24(9-13)21(26)17-6-15-5-16(25)12-28-20(15)7-19(17)23/h1-4,6-7,13H,5,8-12H2. The summed E-state index contributed by atoms with van der Waals surface area (Å²) in [6.07, 6.45) is 0.161. The second kappa shape index (κ2) is 7.89. The van der Waals surface area contributed by atoms with Gasteiger partial charge in [-0.15, -0.1) is 0 Å². The van der Waals surface area contributed by atoms with Crippen LogP contribution in [0.5, 0.6) is 5.75 Å². The fourth-order valence-electron chi connectivity index (χ4n) is 3.42. The molecule has 28 heavy (non-hydrogen) atoms. The van der Waals surface area contributed by atoms with Crippen LogP contribution in [0.1, 0.15) is 21.5 Å². The summed E-state index contributed by atoms with van der Waals surface area (Å²) in [5.74, 6) is -0.547. The van der Waals surface area contributed by atoms with E-state index >= 15 is 0 Å². The van der Waals surface area contributed by atoms with Gasteiger partial charge < -0.3 is 14.4 Å². The number of nitrogens with zero attached hydrogens (tertiary/aromatic N) is 1. The second-order valence-electron chi connectivity index (χ2n) is 7.13. The maximum absolute atomic E-state index is 14.3. The van der Waals surface area contributed by atoms with Crippen LogP contribution in [0.4, 0.5) is 4.39 Å². The molecule has 2 aliphatic heterocycles. The number of carbonyl (C=O) groups excluding carboxylic acids is 2. The van der Waals surface area contributed by atoms with Gasteiger partial charge in [-0.3, -0.25) is 9.59 Å². The first-order valence-electron chi connectivity index (χ1n) is 9.08. The van der Waals surface area contributed by atoms with Crippen molar-refractivity contribution in [2.45, 2.75) is 13.0 Å². The normalized spacial score (nSPS) is 16.4. The van der Waals surface area contributed by atoms with Crippen LogP contribution in [-0.2, 0) is 22.6 Å². The molecule has 2 aliphatic rings. The van der Waals surface area contributed by atoms with Crippen LogP contribution < -0.4 is 4.74 Å². The summed E-state index contributed by atoms with van der Waals surface area (Å²) in [5.41, 5.74) is 1.46. The topological polar surface area (TPSA) is 55.8 Å². The zero-order chi connectivity index (χ0) is 19.7. The van der Waals surface area contributed by atoms with Gasteiger partial charge in [-0.05, 0) is 17.7 Å². The lowest BCUT2D eigenvalue weighted by Crippen LogP contribution is -2.51. The van der Waals surface area contributed by atoms with Crippen molar-refractivity contribution in [2.24, 2.45) is 5.92 Å². The first-order chi connectivity index (χ1) is 13.5. The van der Waals surface area contributed by atoms with Crippen LogP contribution in [0.25, 0.3) is 0 Å². The molecule has 7 heteroatoms. The number of amides is 1. The lowest BCUT2D eigenvalue weighted by Gasteiger charge is -2.39. The minimum Gasteiger partial charge on any atom is -0.485 e. The van der Waals surface area contributed by atoms with Gasteiger partial charge in [0.1, 0.15) is 18.2 Å². The van der Waals surface area contributed by atoms with Crippen molar-refractivity contribution in [1.82, 2.24) is 4.90 Å². The molecule has 0 spiro atoms. The Labute approximate surface area is 167 Å². The van der Waals surface area contributed by atoms with E-state index in [0.717, 1.165) is 5.56 Å². The molecule has 0 atom stereocenters. The molecule has 0 saturated carbocycles. The minimum absolute atomic E-state index is 0.0208. The largest absolute Gasteiger partial charge is 0.485 e. The Bertz CT molecular complexity index is 927. The number of hydrogen-bond donors (Lipinski definition) is 0. The molecular weight excluding hydrogens is 385 g/mol. The molecule has 4 rings (SSSR count). The lowest BCUT2D eigenvalue weighted by atomic mass is 9.97. The summed E-state index contributed by atoms with van der Waals surface area (Å²) in [6, 6.07) is 10.1. The first kappa shape index (κ1) is 18.9. The molecule has 0 bridgehead atoms. The number of rotatable bonds is 5. The predicted molar refractivity (Wildman–Crippen MR) is 101 cm³/mol. The van der Waals surface area contributed by atoms with Crippen molar-refractivity contribution in [3.05, 3.63) is 63.9 Å². The van der Waals surface area contributed by atoms with Gasteiger partial charge in [0.2, 0.25) is 0 Å². The third-order valence-electron chi connectivity index (χ3n) is 4.97. The number of hydrogen-bond acceptors (Lipinski definition) is 4. The molecule has 1 amide bonds. The Morgan fingerprint density at radius 3 is 2.86 bits per heavy atom. The number of carbonyl (C=O) groups is 2. The van der Waals surface area contributed by atoms with E-state index in [1.807, 2.05) is 24.3 Å². The summed E-state index contributed by atoms with van der Waals surface area (Å²) in [7, 11) is 0. The molecule has 2 aromatic rings. The van der Waals surface area contributed by atoms with Gasteiger partial charge in [0, 0.05) is 42.1 Å². The number of benzene rings is 2. The number of Topliss-reactive ketones (excluding diaryl/α,β-unsaturated/α-hetero) is 1. The SMILES string of the molecule is O=C1COc2cc(F)c(C(=O)N3CC(COCc4ccccc4Cl)C3)cc2C1. The third-order valence-corrected chi connectivity index (χ3v) is 5.34. The van der Waals surface area contributed by atoms with Crippen LogP contribution in [0.3, 0.4) is 0 Å². The molecule has 0 N–H and O–H groups in total. The van der Waals surface area contributed by atoms with E-state index < -0.39 is 5.82 Å². The fraction of sp³-hybridized carbons (Fsp3) is 0.333. The summed E-state index contributed by atoms with van der Waals surface area (Å²) in [5, 5.41) is 0.665. The molecule has 0 aliphatic carbocycles. The smallest absolute Gasteiger partial charge is 0.256 e. The van der Waals surface area contributed by atoms with E-state index in [1.165, 1.54) is 12.1 Å². The van der Waals surface area contributed by atoms with Crippen molar-refractivity contribution in [3.8, 4) is 5.75 Å². The van der Waals surface area contributed by atoms with Crippen LogP contribution >= 0.6 is 11.6 Å². The Morgan fingerprint density at radius 2 is 2.07 bits per heavy atom. The monoisotopic (exact) mass is 403 g/mol. The van der Waals surface area contributed by atoms with Gasteiger partial charge in [-0.25, -0.2) is 4.39 Å². The van der Waals surface area contributed by atoms with Gasteiger partial charge in [0.25, 0.3) is 5.91 Å². The molecule has 0 radical (unpaired) electrons. The van der Waals surface area contributed by atoms with Gasteiger partial charge in [0.05, 0.1) is 18.8 Å². The highest BCUT2D eigenvalue weighted by molar-refractivity contribution is 6.31. The maximum atomic E-state index is 14.3. The second-order valence-corrected chi connectivity index (χ2v) is 7.53. The van der Waals surface area contributed by atoms with E-state index in [4.69, 9.17) is 21.1 Å². The molecule has 1 fully saturated rings. The molecule has 2 aromatic carbocycles. The zero-order valence-corrected chi connectivity index (χ0v) is 15.9. The predicted octanol–water partition coefficient (Wildman–Crippen LogP) is 3.27. The number of halogens is 2. The quantitative estimate of drug-likeness (QED) is 0.768. The van der Waals surface area contributed by atoms with E-state index in [0.29, 0.717) is 42.6 Å². The van der Waals surface area contributed by atoms with Crippen molar-refractivity contribution in [3.63, 3.8) is 0 Å². The van der Waals surface area contributed by atoms with Crippen LogP contribution in [0.15, 0.2) is 36.4 Å². The van der Waals surface area contributed by atoms with E-state index in [2.05, 4.69) is 0 Å². The minimum atomic E-state index is -0.628. The summed E-state index contributed by atoms with van der Waals surface area (Å²) in [6.45, 7) is 1.88. The maximum Gasteiger partial charge on any atom is 0.256 e. The lowest BCUT2D eigenvalue weighted by molar-refractivity contribution is -0.121. The van der Waals surface area contributed by atoms with Crippen LogP contribution in [0.2, 0.25) is 5.02 Å². The molecule has 1 saturated heterocycles. The van der Waals surface area contributed by atoms with Crippen molar-refractivity contribution in [1.29, 1.82) is 0 Å². The van der Waals surface area contributed by atoms with Gasteiger partial charge in [-0.1, -0.05) is 29.8 Å². The average molecular weight is 404 g/mol. The average Bonchev–Trinajstić information content (AvgIpc) is 2.64. The highest BCUT2D eigenvalue weighted by Gasteiger charge is 2.33. The Balaban J connectivity index is 1.31. The molecule has 2 heterocycles. The van der Waals surface area contributed by atoms with Crippen molar-refractivity contribution < 1.29 is 23.5 Å². The Morgan fingerprint density at radius 1 is 1.29 bits per heavy atom. The summed E-state index contributed by atoms with van der Waals surface area (Å²) in [4.78, 5) is 25.7. The van der Waals surface area contributed by atoms with Crippen molar-refractivity contribution in [2.75, 3.05) is 26.3 Å². The molecule has 5 nitrogen and oxygen atoms in total. The number of ether oxygens (including phenoxy) is 2. The Hall–Kier alpha value is -2.44. The highest BCUT2D eigenvalue weighted by atomic mass is 35.5. The fourth-order valence-corrected chi connectivity index (χ4v) is 3.61. The number of ketones is 1. The van der Waals surface area contributed by atoms with Crippen LogP contribution in [0, 0.1) is 11.7 Å². The summed E-state index contributed by atoms with van der Waals surface area (Å²) >= 11 is 6.10. The van der Waals surface area contributed by atoms with Gasteiger partial charge in [-0.2, -0.15) is 0 Å². The highest BCUT2D eigenvalue weighted by Crippen LogP contribution is 2.29. The summed E-state index contributed by atoms with van der Waals surface area (Å²) < 4.78 is 25.2. The molecule has 146 valence electrons. The number of likely N-dealkylation sites (tertiary alicyclic amines) is 1. The van der Waals surface area contributed by atoms with E-state index in [-0.39, 0.29) is 36.2 Å². The molecular formula is C21H19ClFNO4. The van der Waals surface area contributed by atoms with E-state index in [9.17, 15) is 14.0 Å². The first-order valence-corrected chi connectivity index (χ1v) is 9.46. The zero-order valence-electron chi connectivity index (χ0n) is 15.1. The molecule has 0 aromatic heterocycles. The third kappa shape index (κ3) is 3.88. The van der Waals surface area contributed by atoms with Gasteiger partial charge in [0.15, 0.2) is 5.78 Å². The van der Waals surface area contributed by atoms with Gasteiger partial charge >= 0.3 is 0 Å². The van der Waals surface area contributed by atoms with Crippen LogP contribution in [-0.4, -0.2) is 42.9 Å². The van der Waals surface area contributed by atoms with Crippen molar-refractivity contribution >= 4 is 23.3 Å². The number of fused-ring (bicyclic) bond motifs is 1. The van der Waals surface area contributed by atoms with E-state index in [1.54, 1.807) is 4.90 Å². The Kier molecular flexibility index (Phi) is 5.33. The molecule has 0 unspecified atom stereocenters.